The van der Waals surface area contributed by atoms with Crippen LogP contribution in [0.1, 0.15) is 125 Å². The Morgan fingerprint density at radius 2 is 1.25 bits per heavy atom. The number of hydrogen-bond acceptors (Lipinski definition) is 7. The molecule has 0 radical (unpaired) electrons. The minimum atomic E-state index is 0.0889. The van der Waals surface area contributed by atoms with Crippen LogP contribution in [0, 0.1) is 11.8 Å². The number of nitrogens with zero attached hydrogens (tertiary/aromatic N) is 2. The molecular formula is C50H64N4O3. The summed E-state index contributed by atoms with van der Waals surface area (Å²) in [6.45, 7) is 20.2. The van der Waals surface area contributed by atoms with E-state index in [2.05, 4.69) is 153 Å². The van der Waals surface area contributed by atoms with Crippen LogP contribution in [-0.4, -0.2) is 62.0 Å². The van der Waals surface area contributed by atoms with Crippen molar-refractivity contribution in [1.29, 1.82) is 0 Å². The standard InChI is InChI=1S/C50H64N4O3/c1-49(2,3)35-17-21-43-41(29-35)47-39(16-11-27-55-47)46(52-43)34-14-10-15-37(28-34)56-32-54-25-23-53(24-26-54)31-38-19-20-40-45(33-12-8-7-9-13-33)51-44-22-18-36(50(4,5)6)30-42(44)48(40)57-38/h7-10,12-15,17-18,21-22,28-30,38-40,45-48,51-52H,11,16,19-20,23-27,31-32H2,1-6H3/t38-,39-,40-,45+,46+,47-,48-/m0/s1. The molecule has 7 heteroatoms. The first-order chi connectivity index (χ1) is 27.5. The van der Waals surface area contributed by atoms with E-state index in [-0.39, 0.29) is 41.2 Å². The molecule has 9 rings (SSSR count). The van der Waals surface area contributed by atoms with Crippen LogP contribution in [0.3, 0.4) is 0 Å². The number of piperazine rings is 1. The molecule has 0 bridgehead atoms. The minimum absolute atomic E-state index is 0.0889. The molecule has 7 atom stereocenters. The third-order valence-corrected chi connectivity index (χ3v) is 13.6. The Bertz CT molecular complexity index is 2010. The smallest absolute Gasteiger partial charge is 0.142 e. The number of rotatable bonds is 7. The molecule has 5 heterocycles. The lowest BCUT2D eigenvalue weighted by Crippen LogP contribution is -2.50. The fourth-order valence-corrected chi connectivity index (χ4v) is 10.2. The number of fused-ring (bicyclic) bond motifs is 6. The number of ether oxygens (including phenoxy) is 3. The molecule has 302 valence electrons. The van der Waals surface area contributed by atoms with Crippen LogP contribution in [0.5, 0.6) is 5.75 Å². The van der Waals surface area contributed by atoms with Crippen molar-refractivity contribution in [2.45, 2.75) is 108 Å². The predicted molar refractivity (Wildman–Crippen MR) is 231 cm³/mol. The first-order valence-electron chi connectivity index (χ1n) is 21.8. The summed E-state index contributed by atoms with van der Waals surface area (Å²) < 4.78 is 20.2. The Balaban J connectivity index is 0.815. The molecule has 0 aliphatic carbocycles. The van der Waals surface area contributed by atoms with Gasteiger partial charge in [-0.1, -0.05) is 108 Å². The minimum Gasteiger partial charge on any atom is -0.478 e. The average molecular weight is 769 g/mol. The maximum absolute atomic E-state index is 7.17. The fourth-order valence-electron chi connectivity index (χ4n) is 10.2. The van der Waals surface area contributed by atoms with Gasteiger partial charge >= 0.3 is 0 Å². The third kappa shape index (κ3) is 8.10. The molecule has 4 aromatic rings. The second-order valence-electron chi connectivity index (χ2n) is 19.5. The van der Waals surface area contributed by atoms with Crippen molar-refractivity contribution in [3.8, 4) is 5.75 Å². The second kappa shape index (κ2) is 15.7. The van der Waals surface area contributed by atoms with Gasteiger partial charge in [0.1, 0.15) is 12.5 Å². The van der Waals surface area contributed by atoms with Gasteiger partial charge in [-0.25, -0.2) is 0 Å². The number of anilines is 2. The van der Waals surface area contributed by atoms with Crippen LogP contribution in [0.4, 0.5) is 11.4 Å². The van der Waals surface area contributed by atoms with E-state index < -0.39 is 0 Å². The summed E-state index contributed by atoms with van der Waals surface area (Å²) in [6.07, 6.45) is 4.94. The van der Waals surface area contributed by atoms with E-state index in [1.165, 1.54) is 44.8 Å². The summed E-state index contributed by atoms with van der Waals surface area (Å²) in [5.74, 6) is 1.73. The average Bonchev–Trinajstić information content (AvgIpc) is 3.22. The van der Waals surface area contributed by atoms with Crippen LogP contribution in [0.25, 0.3) is 0 Å². The predicted octanol–water partition coefficient (Wildman–Crippen LogP) is 10.6. The van der Waals surface area contributed by atoms with Crippen LogP contribution in [0.2, 0.25) is 0 Å². The van der Waals surface area contributed by atoms with Gasteiger partial charge in [-0.3, -0.25) is 9.80 Å². The highest BCUT2D eigenvalue weighted by molar-refractivity contribution is 5.60. The summed E-state index contributed by atoms with van der Waals surface area (Å²) >= 11 is 0. The molecule has 4 aromatic carbocycles. The number of benzene rings is 4. The number of nitrogens with one attached hydrogen (secondary N) is 2. The Labute approximate surface area is 341 Å². The van der Waals surface area contributed by atoms with Gasteiger partial charge in [0, 0.05) is 73.7 Å². The molecular weight excluding hydrogens is 705 g/mol. The molecule has 0 spiro atoms. The van der Waals surface area contributed by atoms with Crippen molar-refractivity contribution >= 4 is 11.4 Å². The van der Waals surface area contributed by atoms with Crippen LogP contribution in [0.15, 0.2) is 91.0 Å². The monoisotopic (exact) mass is 768 g/mol. The SMILES string of the molecule is CC(C)(C)c1ccc2c(c1)[C@H]1OCCC[C@H]1[C@@H](c1cccc(OCN3CCN(C[C@@H]4CC[C@H]5[C@@H](c6ccccc6)Nc6ccc(C(C)(C)C)cc6[C@H]5O4)CC3)c1)N2. The van der Waals surface area contributed by atoms with E-state index in [4.69, 9.17) is 14.2 Å². The maximum Gasteiger partial charge on any atom is 0.142 e. The maximum atomic E-state index is 7.17. The van der Waals surface area contributed by atoms with E-state index in [0.29, 0.717) is 18.6 Å². The van der Waals surface area contributed by atoms with E-state index in [1.54, 1.807) is 0 Å². The zero-order chi connectivity index (χ0) is 39.3. The van der Waals surface area contributed by atoms with Crippen LogP contribution >= 0.6 is 0 Å². The zero-order valence-electron chi connectivity index (χ0n) is 35.1. The molecule has 7 nitrogen and oxygen atoms in total. The van der Waals surface area contributed by atoms with E-state index in [1.807, 2.05) is 0 Å². The number of hydrogen-bond donors (Lipinski definition) is 2. The highest BCUT2D eigenvalue weighted by atomic mass is 16.5. The molecule has 57 heavy (non-hydrogen) atoms. The largest absolute Gasteiger partial charge is 0.478 e. The van der Waals surface area contributed by atoms with Crippen molar-refractivity contribution < 1.29 is 14.2 Å². The zero-order valence-corrected chi connectivity index (χ0v) is 35.1. The third-order valence-electron chi connectivity index (χ3n) is 13.6. The molecule has 0 amide bonds. The molecule has 5 aliphatic heterocycles. The molecule has 3 fully saturated rings. The Hall–Kier alpha value is -3.88. The van der Waals surface area contributed by atoms with Gasteiger partial charge < -0.3 is 24.8 Å². The van der Waals surface area contributed by atoms with Gasteiger partial charge in [0.2, 0.25) is 0 Å². The van der Waals surface area contributed by atoms with E-state index in [9.17, 15) is 0 Å². The van der Waals surface area contributed by atoms with E-state index >= 15 is 0 Å². The van der Waals surface area contributed by atoms with Gasteiger partial charge in [-0.05, 0) is 83.0 Å². The summed E-state index contributed by atoms with van der Waals surface area (Å²) in [5.41, 5.74) is 10.6. The van der Waals surface area contributed by atoms with Crippen molar-refractivity contribution in [3.05, 3.63) is 124 Å². The Kier molecular flexibility index (Phi) is 10.6. The Morgan fingerprint density at radius 3 is 1.93 bits per heavy atom. The molecule has 2 N–H and O–H groups in total. The van der Waals surface area contributed by atoms with Gasteiger partial charge in [0.15, 0.2) is 0 Å². The van der Waals surface area contributed by atoms with Crippen LogP contribution < -0.4 is 15.4 Å². The summed E-state index contributed by atoms with van der Waals surface area (Å²) in [4.78, 5) is 5.07. The topological polar surface area (TPSA) is 58.2 Å². The van der Waals surface area contributed by atoms with Crippen molar-refractivity contribution in [2.24, 2.45) is 11.8 Å². The van der Waals surface area contributed by atoms with Gasteiger partial charge in [0.05, 0.1) is 30.4 Å². The van der Waals surface area contributed by atoms with E-state index in [0.717, 1.165) is 70.8 Å². The van der Waals surface area contributed by atoms with Gasteiger partial charge in [-0.15, -0.1) is 0 Å². The van der Waals surface area contributed by atoms with Gasteiger partial charge in [0.25, 0.3) is 0 Å². The lowest BCUT2D eigenvalue weighted by molar-refractivity contribution is -0.106. The first kappa shape index (κ1) is 38.6. The lowest BCUT2D eigenvalue weighted by Gasteiger charge is -2.47. The molecule has 3 saturated heterocycles. The van der Waals surface area contributed by atoms with Crippen molar-refractivity contribution in [3.63, 3.8) is 0 Å². The highest BCUT2D eigenvalue weighted by Gasteiger charge is 2.44. The highest BCUT2D eigenvalue weighted by Crippen LogP contribution is 2.52. The molecule has 0 unspecified atom stereocenters. The van der Waals surface area contributed by atoms with Crippen molar-refractivity contribution in [1.82, 2.24) is 9.80 Å². The quantitative estimate of drug-likeness (QED) is 0.194. The Morgan fingerprint density at radius 1 is 0.632 bits per heavy atom. The molecule has 0 aromatic heterocycles. The summed E-state index contributed by atoms with van der Waals surface area (Å²) in [5, 5.41) is 7.88. The normalized spacial score (nSPS) is 27.9. The first-order valence-corrected chi connectivity index (χ1v) is 21.8. The summed E-state index contributed by atoms with van der Waals surface area (Å²) in [7, 11) is 0. The van der Waals surface area contributed by atoms with Gasteiger partial charge in [-0.2, -0.15) is 0 Å². The summed E-state index contributed by atoms with van der Waals surface area (Å²) in [6, 6.07) is 34.1. The molecule has 5 aliphatic rings. The fraction of sp³-hybridized carbons (Fsp3) is 0.520. The second-order valence-corrected chi connectivity index (χ2v) is 19.5. The van der Waals surface area contributed by atoms with Crippen LogP contribution in [-0.2, 0) is 20.3 Å². The lowest BCUT2D eigenvalue weighted by atomic mass is 9.75. The molecule has 0 saturated carbocycles. The van der Waals surface area contributed by atoms with Crippen molar-refractivity contribution in [2.75, 3.05) is 56.7 Å².